The van der Waals surface area contributed by atoms with E-state index >= 15 is 0 Å². The van der Waals surface area contributed by atoms with Gasteiger partial charge in [-0.15, -0.1) is 0 Å². The van der Waals surface area contributed by atoms with Gasteiger partial charge in [-0.05, 0) is 36.2 Å². The number of carbonyl (C=O) groups is 1. The standard InChI is InChI=1S/C10H12BN2O/c12-10-2-1-9-6-13(11-7-14)4-3-8(9)5-10/h1-2,5,7H,3-4,6,12H2. The predicted molar refractivity (Wildman–Crippen MR) is 57.5 cm³/mol. The highest BCUT2D eigenvalue weighted by Gasteiger charge is 2.15. The third-order valence-corrected chi connectivity index (χ3v) is 2.54. The Morgan fingerprint density at radius 2 is 2.29 bits per heavy atom. The van der Waals surface area contributed by atoms with Crippen molar-refractivity contribution in [3.63, 3.8) is 0 Å². The number of rotatable bonds is 2. The van der Waals surface area contributed by atoms with Crippen molar-refractivity contribution < 1.29 is 4.79 Å². The summed E-state index contributed by atoms with van der Waals surface area (Å²) in [6, 6.07) is 5.96. The summed E-state index contributed by atoms with van der Waals surface area (Å²) in [5, 5.41) is 0. The molecule has 0 saturated carbocycles. The van der Waals surface area contributed by atoms with Crippen molar-refractivity contribution in [1.82, 2.24) is 4.81 Å². The maximum absolute atomic E-state index is 10.3. The van der Waals surface area contributed by atoms with Crippen molar-refractivity contribution in [2.45, 2.75) is 13.0 Å². The number of benzene rings is 1. The minimum Gasteiger partial charge on any atom is -0.399 e. The number of anilines is 1. The molecule has 1 radical (unpaired) electrons. The number of nitrogen functional groups attached to an aromatic ring is 1. The molecule has 1 aliphatic rings. The summed E-state index contributed by atoms with van der Waals surface area (Å²) >= 11 is 0. The minimum absolute atomic E-state index is 0.814. The van der Waals surface area contributed by atoms with E-state index in [0.717, 1.165) is 31.4 Å². The van der Waals surface area contributed by atoms with E-state index < -0.39 is 0 Å². The zero-order valence-corrected chi connectivity index (χ0v) is 7.94. The molecule has 1 aliphatic heterocycles. The molecule has 0 atom stereocenters. The summed E-state index contributed by atoms with van der Waals surface area (Å²) in [4.78, 5) is 12.3. The highest BCUT2D eigenvalue weighted by Crippen LogP contribution is 2.20. The van der Waals surface area contributed by atoms with Crippen LogP contribution in [0.25, 0.3) is 0 Å². The van der Waals surface area contributed by atoms with Gasteiger partial charge in [0.25, 0.3) is 7.41 Å². The van der Waals surface area contributed by atoms with E-state index in [2.05, 4.69) is 0 Å². The zero-order valence-electron chi connectivity index (χ0n) is 7.94. The van der Waals surface area contributed by atoms with Gasteiger partial charge in [0.15, 0.2) is 0 Å². The van der Waals surface area contributed by atoms with Crippen LogP contribution < -0.4 is 5.73 Å². The van der Waals surface area contributed by atoms with Crippen molar-refractivity contribution >= 4 is 19.3 Å². The number of nitrogens with zero attached hydrogens (tertiary/aromatic N) is 1. The van der Waals surface area contributed by atoms with Crippen LogP contribution in [0.1, 0.15) is 11.1 Å². The molecule has 14 heavy (non-hydrogen) atoms. The lowest BCUT2D eigenvalue weighted by atomic mass is 9.88. The smallest absolute Gasteiger partial charge is 0.293 e. The first-order valence-corrected chi connectivity index (χ1v) is 4.69. The molecule has 71 valence electrons. The SMILES string of the molecule is Nc1ccc2c(c1)CCN([B]C=O)C2. The first kappa shape index (κ1) is 9.28. The Hall–Kier alpha value is -1.29. The fourth-order valence-electron chi connectivity index (χ4n) is 1.81. The van der Waals surface area contributed by atoms with Gasteiger partial charge in [-0.1, -0.05) is 6.07 Å². The van der Waals surface area contributed by atoms with Crippen LogP contribution in [-0.2, 0) is 17.8 Å². The van der Waals surface area contributed by atoms with Gasteiger partial charge in [0.2, 0.25) is 0 Å². The van der Waals surface area contributed by atoms with E-state index in [1.165, 1.54) is 11.1 Å². The zero-order chi connectivity index (χ0) is 9.97. The van der Waals surface area contributed by atoms with Crippen LogP contribution in [0.4, 0.5) is 5.69 Å². The van der Waals surface area contributed by atoms with Crippen molar-refractivity contribution in [2.24, 2.45) is 0 Å². The Kier molecular flexibility index (Phi) is 2.54. The molecule has 0 aliphatic carbocycles. The van der Waals surface area contributed by atoms with Crippen LogP contribution in [0.3, 0.4) is 0 Å². The third-order valence-electron chi connectivity index (χ3n) is 2.54. The van der Waals surface area contributed by atoms with Gasteiger partial charge in [0, 0.05) is 12.2 Å². The molecule has 3 nitrogen and oxygen atoms in total. The lowest BCUT2D eigenvalue weighted by Crippen LogP contribution is -2.34. The van der Waals surface area contributed by atoms with E-state index in [0.29, 0.717) is 0 Å². The average Bonchev–Trinajstić information content (AvgIpc) is 2.19. The monoisotopic (exact) mass is 187 g/mol. The summed E-state index contributed by atoms with van der Waals surface area (Å²) in [6.07, 6.45) is 1.80. The molecule has 1 heterocycles. The summed E-state index contributed by atoms with van der Waals surface area (Å²) in [5.74, 6) is 0. The van der Waals surface area contributed by atoms with Gasteiger partial charge in [-0.2, -0.15) is 0 Å². The third kappa shape index (κ3) is 1.80. The highest BCUT2D eigenvalue weighted by atomic mass is 16.1. The molecule has 2 rings (SSSR count). The molecule has 0 amide bonds. The predicted octanol–water partition coefficient (Wildman–Crippen LogP) is 0.436. The second kappa shape index (κ2) is 3.84. The fourth-order valence-corrected chi connectivity index (χ4v) is 1.81. The molecule has 0 fully saturated rings. The summed E-state index contributed by atoms with van der Waals surface area (Å²) in [6.45, 7) is 1.71. The first-order valence-electron chi connectivity index (χ1n) is 4.69. The van der Waals surface area contributed by atoms with Crippen LogP contribution in [-0.4, -0.2) is 25.0 Å². The molecular formula is C10H12BN2O. The molecule has 0 bridgehead atoms. The topological polar surface area (TPSA) is 46.3 Å². The Labute approximate surface area is 84.2 Å². The normalized spacial score (nSPS) is 16.0. The van der Waals surface area contributed by atoms with E-state index in [1.807, 2.05) is 23.0 Å². The van der Waals surface area contributed by atoms with Gasteiger partial charge in [0.1, 0.15) is 0 Å². The van der Waals surface area contributed by atoms with Crippen LogP contribution in [0, 0.1) is 0 Å². The lowest BCUT2D eigenvalue weighted by molar-refractivity contribution is 0.420. The number of nitrogens with two attached hydrogens (primary N) is 1. The molecule has 0 aromatic heterocycles. The van der Waals surface area contributed by atoms with Gasteiger partial charge in [-0.3, -0.25) is 0 Å². The maximum Gasteiger partial charge on any atom is 0.293 e. The molecule has 0 saturated heterocycles. The maximum atomic E-state index is 10.3. The summed E-state index contributed by atoms with van der Waals surface area (Å²) in [5.41, 5.74) is 9.09. The molecule has 1 aromatic rings. The number of hydrogen-bond acceptors (Lipinski definition) is 3. The van der Waals surface area contributed by atoms with Crippen molar-refractivity contribution in [1.29, 1.82) is 0 Å². The Balaban J connectivity index is 2.18. The van der Waals surface area contributed by atoms with Crippen molar-refractivity contribution in [2.75, 3.05) is 12.3 Å². The minimum atomic E-state index is 0.814. The summed E-state index contributed by atoms with van der Waals surface area (Å²) in [7, 11) is 1.60. The van der Waals surface area contributed by atoms with Crippen LogP contribution in [0.15, 0.2) is 18.2 Å². The Bertz CT molecular complexity index is 354. The molecule has 4 heteroatoms. The van der Waals surface area contributed by atoms with Crippen molar-refractivity contribution in [3.05, 3.63) is 29.3 Å². The van der Waals surface area contributed by atoms with Gasteiger partial charge < -0.3 is 15.3 Å². The molecule has 0 spiro atoms. The summed E-state index contributed by atoms with van der Waals surface area (Å²) < 4.78 is 0. The lowest BCUT2D eigenvalue weighted by Gasteiger charge is -2.26. The van der Waals surface area contributed by atoms with Crippen LogP contribution in [0.2, 0.25) is 0 Å². The van der Waals surface area contributed by atoms with Crippen molar-refractivity contribution in [3.8, 4) is 0 Å². The fraction of sp³-hybridized carbons (Fsp3) is 0.300. The van der Waals surface area contributed by atoms with E-state index in [4.69, 9.17) is 5.73 Å². The Morgan fingerprint density at radius 1 is 1.43 bits per heavy atom. The molecule has 1 aromatic carbocycles. The molecule has 2 N–H and O–H groups in total. The number of fused-ring (bicyclic) bond motifs is 1. The average molecular weight is 187 g/mol. The second-order valence-corrected chi connectivity index (χ2v) is 3.53. The van der Waals surface area contributed by atoms with Gasteiger partial charge in [-0.25, -0.2) is 0 Å². The van der Waals surface area contributed by atoms with Crippen LogP contribution in [0.5, 0.6) is 0 Å². The highest BCUT2D eigenvalue weighted by molar-refractivity contribution is 6.64. The second-order valence-electron chi connectivity index (χ2n) is 3.53. The Morgan fingerprint density at radius 3 is 3.07 bits per heavy atom. The molecular weight excluding hydrogens is 175 g/mol. The quantitative estimate of drug-likeness (QED) is 0.415. The van der Waals surface area contributed by atoms with E-state index in [-0.39, 0.29) is 0 Å². The largest absolute Gasteiger partial charge is 0.399 e. The number of carbonyl (C=O) groups excluding carboxylic acids is 1. The molecule has 0 unspecified atom stereocenters. The number of hydrogen-bond donors (Lipinski definition) is 1. The van der Waals surface area contributed by atoms with Gasteiger partial charge >= 0.3 is 0 Å². The first-order chi connectivity index (χ1) is 6.79. The van der Waals surface area contributed by atoms with Crippen LogP contribution >= 0.6 is 0 Å². The van der Waals surface area contributed by atoms with E-state index in [1.54, 1.807) is 7.41 Å². The van der Waals surface area contributed by atoms with Gasteiger partial charge in [0.05, 0.1) is 6.19 Å². The van der Waals surface area contributed by atoms with E-state index in [9.17, 15) is 4.79 Å².